The number of fused-ring (bicyclic) bond motifs is 1. The first-order valence-electron chi connectivity index (χ1n) is 7.49. The molecule has 1 aromatic rings. The Morgan fingerprint density at radius 3 is 2.90 bits per heavy atom. The Kier molecular flexibility index (Phi) is 3.66. The van der Waals surface area contributed by atoms with E-state index in [4.69, 9.17) is 0 Å². The van der Waals surface area contributed by atoms with E-state index in [0.29, 0.717) is 12.6 Å². The van der Waals surface area contributed by atoms with Gasteiger partial charge >= 0.3 is 6.03 Å². The fourth-order valence-electron chi connectivity index (χ4n) is 3.10. The van der Waals surface area contributed by atoms with Crippen LogP contribution in [0.3, 0.4) is 0 Å². The van der Waals surface area contributed by atoms with Gasteiger partial charge in [0.2, 0.25) is 0 Å². The Hall–Kier alpha value is -1.55. The summed E-state index contributed by atoms with van der Waals surface area (Å²) in [6, 6.07) is 6.83. The molecule has 108 valence electrons. The van der Waals surface area contributed by atoms with E-state index in [9.17, 15) is 4.79 Å². The van der Waals surface area contributed by atoms with Gasteiger partial charge in [0.25, 0.3) is 0 Å². The van der Waals surface area contributed by atoms with Crippen LogP contribution in [0.4, 0.5) is 10.5 Å². The molecule has 0 radical (unpaired) electrons. The minimum Gasteiger partial charge on any atom is -0.323 e. The Labute approximate surface area is 120 Å². The molecular weight excluding hydrogens is 250 g/mol. The van der Waals surface area contributed by atoms with Crippen LogP contribution >= 0.6 is 0 Å². The molecule has 4 nitrogen and oxygen atoms in total. The average Bonchev–Trinajstić information content (AvgIpc) is 2.39. The average molecular weight is 273 g/mol. The minimum atomic E-state index is -0.0233. The SMILES string of the molecule is CNC(CC1CCC1)c1ccc2c(c1)CN(C)C(=O)N2. The van der Waals surface area contributed by atoms with Crippen molar-refractivity contribution in [3.63, 3.8) is 0 Å². The lowest BCUT2D eigenvalue weighted by Crippen LogP contribution is -2.35. The third kappa shape index (κ3) is 2.52. The van der Waals surface area contributed by atoms with Gasteiger partial charge in [0.05, 0.1) is 0 Å². The lowest BCUT2D eigenvalue weighted by molar-refractivity contribution is 0.218. The van der Waals surface area contributed by atoms with Gasteiger partial charge in [-0.25, -0.2) is 4.79 Å². The molecule has 1 saturated carbocycles. The highest BCUT2D eigenvalue weighted by Gasteiger charge is 2.24. The Bertz CT molecular complexity index is 510. The molecule has 0 spiro atoms. The number of nitrogens with one attached hydrogen (secondary N) is 2. The van der Waals surface area contributed by atoms with E-state index in [1.54, 1.807) is 4.90 Å². The van der Waals surface area contributed by atoms with E-state index in [-0.39, 0.29) is 6.03 Å². The topological polar surface area (TPSA) is 44.4 Å². The number of nitrogens with zero attached hydrogens (tertiary/aromatic N) is 1. The maximum Gasteiger partial charge on any atom is 0.321 e. The van der Waals surface area contributed by atoms with Crippen LogP contribution in [0.1, 0.15) is 42.9 Å². The fraction of sp³-hybridized carbons (Fsp3) is 0.562. The van der Waals surface area contributed by atoms with Crippen molar-refractivity contribution in [2.75, 3.05) is 19.4 Å². The van der Waals surface area contributed by atoms with Crippen molar-refractivity contribution in [2.24, 2.45) is 5.92 Å². The summed E-state index contributed by atoms with van der Waals surface area (Å²) < 4.78 is 0. The number of hydrogen-bond donors (Lipinski definition) is 2. The van der Waals surface area contributed by atoms with Gasteiger partial charge in [0.1, 0.15) is 0 Å². The number of carbonyl (C=O) groups excluding carboxylic acids is 1. The van der Waals surface area contributed by atoms with Gasteiger partial charge in [0, 0.05) is 25.3 Å². The summed E-state index contributed by atoms with van der Waals surface area (Å²) in [5.74, 6) is 0.880. The Balaban J connectivity index is 1.79. The predicted molar refractivity (Wildman–Crippen MR) is 80.7 cm³/mol. The van der Waals surface area contributed by atoms with Gasteiger partial charge in [-0.3, -0.25) is 0 Å². The first-order chi connectivity index (χ1) is 9.67. The zero-order valence-corrected chi connectivity index (χ0v) is 12.3. The molecule has 1 aliphatic carbocycles. The number of carbonyl (C=O) groups is 1. The first-order valence-corrected chi connectivity index (χ1v) is 7.49. The second-order valence-electron chi connectivity index (χ2n) is 6.08. The number of anilines is 1. The van der Waals surface area contributed by atoms with Gasteiger partial charge in [-0.05, 0) is 36.6 Å². The summed E-state index contributed by atoms with van der Waals surface area (Å²) in [6.45, 7) is 0.689. The van der Waals surface area contributed by atoms with Gasteiger partial charge < -0.3 is 15.5 Å². The van der Waals surface area contributed by atoms with Crippen LogP contribution in [-0.2, 0) is 6.54 Å². The number of amides is 2. The fourth-order valence-corrected chi connectivity index (χ4v) is 3.10. The lowest BCUT2D eigenvalue weighted by Gasteiger charge is -2.31. The van der Waals surface area contributed by atoms with Crippen LogP contribution in [0.15, 0.2) is 18.2 Å². The second-order valence-corrected chi connectivity index (χ2v) is 6.08. The maximum atomic E-state index is 11.6. The second kappa shape index (κ2) is 5.44. The number of rotatable bonds is 4. The molecule has 0 saturated heterocycles. The van der Waals surface area contributed by atoms with Crippen molar-refractivity contribution >= 4 is 11.7 Å². The number of benzene rings is 1. The zero-order valence-electron chi connectivity index (χ0n) is 12.3. The molecule has 3 rings (SSSR count). The van der Waals surface area contributed by atoms with E-state index in [1.807, 2.05) is 20.2 Å². The molecule has 1 heterocycles. The van der Waals surface area contributed by atoms with Crippen molar-refractivity contribution in [2.45, 2.75) is 38.3 Å². The van der Waals surface area contributed by atoms with Crippen LogP contribution in [0, 0.1) is 5.92 Å². The number of hydrogen-bond acceptors (Lipinski definition) is 2. The molecule has 4 heteroatoms. The molecule has 2 amide bonds. The Morgan fingerprint density at radius 2 is 2.25 bits per heavy atom. The molecule has 1 aromatic carbocycles. The van der Waals surface area contributed by atoms with Crippen LogP contribution in [0.5, 0.6) is 0 Å². The van der Waals surface area contributed by atoms with E-state index in [2.05, 4.69) is 22.8 Å². The zero-order chi connectivity index (χ0) is 14.1. The highest BCUT2D eigenvalue weighted by Crippen LogP contribution is 2.35. The third-order valence-corrected chi connectivity index (χ3v) is 4.67. The monoisotopic (exact) mass is 273 g/mol. The normalized spacial score (nSPS) is 20.1. The molecule has 2 aliphatic rings. The maximum absolute atomic E-state index is 11.6. The molecule has 1 atom stereocenters. The van der Waals surface area contributed by atoms with Crippen LogP contribution < -0.4 is 10.6 Å². The van der Waals surface area contributed by atoms with Crippen molar-refractivity contribution in [1.29, 1.82) is 0 Å². The van der Waals surface area contributed by atoms with Crippen molar-refractivity contribution in [3.05, 3.63) is 29.3 Å². The molecule has 2 N–H and O–H groups in total. The molecule has 1 fully saturated rings. The predicted octanol–water partition coefficient (Wildman–Crippen LogP) is 3.11. The Morgan fingerprint density at radius 1 is 1.45 bits per heavy atom. The first kappa shape index (κ1) is 13.4. The van der Waals surface area contributed by atoms with E-state index >= 15 is 0 Å². The largest absolute Gasteiger partial charge is 0.323 e. The number of urea groups is 1. The van der Waals surface area contributed by atoms with Gasteiger partial charge in [-0.1, -0.05) is 31.4 Å². The summed E-state index contributed by atoms with van der Waals surface area (Å²) in [6.07, 6.45) is 5.36. The third-order valence-electron chi connectivity index (χ3n) is 4.67. The molecule has 20 heavy (non-hydrogen) atoms. The molecule has 0 bridgehead atoms. The van der Waals surface area contributed by atoms with E-state index in [1.165, 1.54) is 36.8 Å². The summed E-state index contributed by atoms with van der Waals surface area (Å²) in [5.41, 5.74) is 3.50. The van der Waals surface area contributed by atoms with E-state index in [0.717, 1.165) is 11.6 Å². The molecule has 1 unspecified atom stereocenters. The summed E-state index contributed by atoms with van der Waals surface area (Å²) >= 11 is 0. The van der Waals surface area contributed by atoms with Crippen LogP contribution in [0.2, 0.25) is 0 Å². The molecular formula is C16H23N3O. The quantitative estimate of drug-likeness (QED) is 0.885. The van der Waals surface area contributed by atoms with Gasteiger partial charge in [-0.2, -0.15) is 0 Å². The standard InChI is InChI=1S/C16H23N3O/c1-17-15(8-11-4-3-5-11)12-6-7-14-13(9-12)10-19(2)16(20)18-14/h6-7,9,11,15,17H,3-5,8,10H2,1-2H3,(H,18,20). The highest BCUT2D eigenvalue weighted by molar-refractivity contribution is 5.92. The van der Waals surface area contributed by atoms with Crippen molar-refractivity contribution in [1.82, 2.24) is 10.2 Å². The van der Waals surface area contributed by atoms with Crippen molar-refractivity contribution < 1.29 is 4.79 Å². The summed E-state index contributed by atoms with van der Waals surface area (Å²) in [7, 11) is 3.87. The molecule has 1 aliphatic heterocycles. The van der Waals surface area contributed by atoms with Crippen LogP contribution in [-0.4, -0.2) is 25.0 Å². The van der Waals surface area contributed by atoms with Gasteiger partial charge in [-0.15, -0.1) is 0 Å². The van der Waals surface area contributed by atoms with E-state index < -0.39 is 0 Å². The molecule has 0 aromatic heterocycles. The van der Waals surface area contributed by atoms with Gasteiger partial charge in [0.15, 0.2) is 0 Å². The minimum absolute atomic E-state index is 0.0233. The smallest absolute Gasteiger partial charge is 0.321 e. The van der Waals surface area contributed by atoms with Crippen LogP contribution in [0.25, 0.3) is 0 Å². The lowest BCUT2D eigenvalue weighted by atomic mass is 9.79. The summed E-state index contributed by atoms with van der Waals surface area (Å²) in [5, 5.41) is 6.37. The van der Waals surface area contributed by atoms with Crippen molar-refractivity contribution in [3.8, 4) is 0 Å². The highest BCUT2D eigenvalue weighted by atomic mass is 16.2. The summed E-state index contributed by atoms with van der Waals surface area (Å²) in [4.78, 5) is 13.3.